The summed E-state index contributed by atoms with van der Waals surface area (Å²) in [6.45, 7) is 12.2. The molecule has 2 nitrogen and oxygen atoms in total. The van der Waals surface area contributed by atoms with Crippen LogP contribution in [0.25, 0.3) is 0 Å². The lowest BCUT2D eigenvalue weighted by Crippen LogP contribution is -2.30. The fourth-order valence-corrected chi connectivity index (χ4v) is 10.5. The van der Waals surface area contributed by atoms with Gasteiger partial charge in [0.15, 0.2) is 0 Å². The zero-order valence-corrected chi connectivity index (χ0v) is 24.4. The van der Waals surface area contributed by atoms with Gasteiger partial charge in [0.05, 0.1) is 0 Å². The van der Waals surface area contributed by atoms with Crippen molar-refractivity contribution in [3.63, 3.8) is 0 Å². The molecule has 0 amide bonds. The van der Waals surface area contributed by atoms with Crippen LogP contribution in [0, 0.1) is 0 Å². The third-order valence-electron chi connectivity index (χ3n) is 8.50. The minimum atomic E-state index is -0.0524. The fraction of sp³-hybridized carbons (Fsp3) is 0.636. The van der Waals surface area contributed by atoms with Gasteiger partial charge < -0.3 is 10.6 Å². The molecular weight excluding hydrogens is 455 g/mol. The van der Waals surface area contributed by atoms with Crippen molar-refractivity contribution in [3.8, 4) is 0 Å². The largest absolute Gasteiger partial charge is 0.383 e. The molecule has 0 heterocycles. The maximum Gasteiger partial charge on any atom is 0.0410 e. The Bertz CT molecular complexity index is 881. The van der Waals surface area contributed by atoms with Crippen LogP contribution in [0.3, 0.4) is 0 Å². The Kier molecular flexibility index (Phi) is 10.7. The zero-order chi connectivity index (χ0) is 25.3. The molecule has 2 aliphatic carbocycles. The minimum Gasteiger partial charge on any atom is -0.383 e. The van der Waals surface area contributed by atoms with E-state index in [1.165, 1.54) is 81.0 Å². The summed E-state index contributed by atoms with van der Waals surface area (Å²) in [7, 11) is -0.0524. The number of para-hydroxylation sites is 1. The molecule has 0 aliphatic heterocycles. The summed E-state index contributed by atoms with van der Waals surface area (Å²) < 4.78 is 0. The van der Waals surface area contributed by atoms with Gasteiger partial charge in [0.1, 0.15) is 0 Å². The predicted molar refractivity (Wildman–Crippen MR) is 162 cm³/mol. The highest BCUT2D eigenvalue weighted by atomic mass is 31.1. The lowest BCUT2D eigenvalue weighted by Gasteiger charge is -2.39. The van der Waals surface area contributed by atoms with Crippen molar-refractivity contribution in [2.24, 2.45) is 0 Å². The Morgan fingerprint density at radius 2 is 1.25 bits per heavy atom. The van der Waals surface area contributed by atoms with E-state index in [0.717, 1.165) is 31.0 Å². The Labute approximate surface area is 223 Å². The molecule has 0 bridgehead atoms. The highest BCUT2D eigenvalue weighted by Gasteiger charge is 2.33. The van der Waals surface area contributed by atoms with Crippen LogP contribution in [0.4, 0.5) is 5.69 Å². The van der Waals surface area contributed by atoms with Crippen LogP contribution in [0.5, 0.6) is 0 Å². The second-order valence-electron chi connectivity index (χ2n) is 11.8. The van der Waals surface area contributed by atoms with Crippen LogP contribution in [-0.4, -0.2) is 24.4 Å². The summed E-state index contributed by atoms with van der Waals surface area (Å²) >= 11 is 0. The van der Waals surface area contributed by atoms with Crippen LogP contribution < -0.4 is 15.9 Å². The Balaban J connectivity index is 1.41. The van der Waals surface area contributed by atoms with E-state index in [9.17, 15) is 0 Å². The summed E-state index contributed by atoms with van der Waals surface area (Å²) in [5.74, 6) is 1.06. The van der Waals surface area contributed by atoms with Crippen LogP contribution in [-0.2, 0) is 6.54 Å². The molecule has 198 valence electrons. The van der Waals surface area contributed by atoms with Crippen molar-refractivity contribution in [2.75, 3.05) is 18.4 Å². The average Bonchev–Trinajstić information content (AvgIpc) is 2.90. The first-order chi connectivity index (χ1) is 17.6. The first-order valence-corrected chi connectivity index (χ1v) is 16.5. The maximum atomic E-state index is 3.82. The van der Waals surface area contributed by atoms with E-state index < -0.39 is 0 Å². The summed E-state index contributed by atoms with van der Waals surface area (Å²) in [5.41, 5.74) is 7.74. The summed E-state index contributed by atoms with van der Waals surface area (Å²) in [6, 6.07) is 16.3. The second kappa shape index (κ2) is 14.0. The first kappa shape index (κ1) is 27.7. The van der Waals surface area contributed by atoms with Gasteiger partial charge in [0, 0.05) is 25.3 Å². The van der Waals surface area contributed by atoms with Crippen molar-refractivity contribution in [2.45, 2.75) is 122 Å². The smallest absolute Gasteiger partial charge is 0.0410 e. The van der Waals surface area contributed by atoms with E-state index in [1.54, 1.807) is 10.9 Å². The zero-order valence-electron chi connectivity index (χ0n) is 23.5. The van der Waals surface area contributed by atoms with E-state index in [0.29, 0.717) is 11.8 Å². The molecule has 36 heavy (non-hydrogen) atoms. The number of hydrogen-bond donors (Lipinski definition) is 2. The van der Waals surface area contributed by atoms with Gasteiger partial charge in [0.2, 0.25) is 0 Å². The SMILES string of the molecule is CC(C)c1cccc(C(C)C)c1NCCNCc1ccccc1P(C1CCCCC1)C1CCCCC1. The molecule has 0 aromatic heterocycles. The molecule has 0 radical (unpaired) electrons. The van der Waals surface area contributed by atoms with E-state index >= 15 is 0 Å². The Morgan fingerprint density at radius 1 is 0.694 bits per heavy atom. The second-order valence-corrected chi connectivity index (χ2v) is 14.6. The molecule has 0 saturated heterocycles. The van der Waals surface area contributed by atoms with Gasteiger partial charge in [-0.05, 0) is 70.8 Å². The molecular formula is C33H51N2P. The summed E-state index contributed by atoms with van der Waals surface area (Å²) in [4.78, 5) is 0. The quantitative estimate of drug-likeness (QED) is 0.235. The van der Waals surface area contributed by atoms with E-state index in [-0.39, 0.29) is 7.92 Å². The lowest BCUT2D eigenvalue weighted by atomic mass is 9.92. The molecule has 2 aromatic carbocycles. The Hall–Kier alpha value is -1.37. The van der Waals surface area contributed by atoms with E-state index in [2.05, 4.69) is 80.8 Å². The summed E-state index contributed by atoms with van der Waals surface area (Å²) in [5, 5.41) is 9.37. The number of rotatable bonds is 11. The highest BCUT2D eigenvalue weighted by Crippen LogP contribution is 2.55. The number of anilines is 1. The molecule has 2 saturated carbocycles. The van der Waals surface area contributed by atoms with Crippen molar-refractivity contribution in [3.05, 3.63) is 59.2 Å². The van der Waals surface area contributed by atoms with Gasteiger partial charge >= 0.3 is 0 Å². The fourth-order valence-electron chi connectivity index (χ4n) is 6.58. The standard InChI is InChI=1S/C33H51N2P/c1-25(2)30-19-13-20-31(26(3)4)33(30)35-23-22-34-24-27-14-11-12-21-32(27)36(28-15-7-5-8-16-28)29-17-9-6-10-18-29/h11-14,19-21,25-26,28-29,34-35H,5-10,15-18,22-24H2,1-4H3. The number of nitrogens with one attached hydrogen (secondary N) is 2. The molecule has 2 aliphatic rings. The van der Waals surface area contributed by atoms with Gasteiger partial charge in [-0.25, -0.2) is 0 Å². The molecule has 2 aromatic rings. The van der Waals surface area contributed by atoms with Crippen LogP contribution in [0.1, 0.15) is 120 Å². The lowest BCUT2D eigenvalue weighted by molar-refractivity contribution is 0.487. The third kappa shape index (κ3) is 7.14. The van der Waals surface area contributed by atoms with Crippen molar-refractivity contribution in [1.82, 2.24) is 5.32 Å². The van der Waals surface area contributed by atoms with Crippen LogP contribution in [0.2, 0.25) is 0 Å². The van der Waals surface area contributed by atoms with E-state index in [4.69, 9.17) is 0 Å². The monoisotopic (exact) mass is 506 g/mol. The predicted octanol–water partition coefficient (Wildman–Crippen LogP) is 8.91. The molecule has 0 atom stereocenters. The van der Waals surface area contributed by atoms with Gasteiger partial charge in [-0.3, -0.25) is 0 Å². The number of hydrogen-bond acceptors (Lipinski definition) is 2. The minimum absolute atomic E-state index is 0.0524. The molecule has 2 fully saturated rings. The number of benzene rings is 2. The first-order valence-electron chi connectivity index (χ1n) is 15.0. The molecule has 0 unspecified atom stereocenters. The van der Waals surface area contributed by atoms with Crippen LogP contribution in [0.15, 0.2) is 42.5 Å². The van der Waals surface area contributed by atoms with E-state index in [1.807, 2.05) is 0 Å². The van der Waals surface area contributed by atoms with Gasteiger partial charge in [-0.1, -0.05) is 117 Å². The van der Waals surface area contributed by atoms with Crippen LogP contribution >= 0.6 is 7.92 Å². The topological polar surface area (TPSA) is 24.1 Å². The maximum absolute atomic E-state index is 3.82. The molecule has 0 spiro atoms. The van der Waals surface area contributed by atoms with Gasteiger partial charge in [0.25, 0.3) is 0 Å². The Morgan fingerprint density at radius 3 is 1.81 bits per heavy atom. The van der Waals surface area contributed by atoms with Gasteiger partial charge in [-0.15, -0.1) is 0 Å². The average molecular weight is 507 g/mol. The van der Waals surface area contributed by atoms with Crippen molar-refractivity contribution < 1.29 is 0 Å². The van der Waals surface area contributed by atoms with Crippen molar-refractivity contribution in [1.29, 1.82) is 0 Å². The third-order valence-corrected chi connectivity index (χ3v) is 12.1. The molecule has 3 heteroatoms. The van der Waals surface area contributed by atoms with Gasteiger partial charge in [-0.2, -0.15) is 0 Å². The van der Waals surface area contributed by atoms with Crippen molar-refractivity contribution >= 4 is 18.9 Å². The molecule has 2 N–H and O–H groups in total. The normalized spacial score (nSPS) is 17.9. The summed E-state index contributed by atoms with van der Waals surface area (Å²) in [6.07, 6.45) is 14.6. The highest BCUT2D eigenvalue weighted by molar-refractivity contribution is 7.67. The molecule has 4 rings (SSSR count).